The van der Waals surface area contributed by atoms with Crippen LogP contribution in [0.25, 0.3) is 0 Å². The minimum Gasteiger partial charge on any atom is -0.494 e. The average Bonchev–Trinajstić information content (AvgIpc) is 1.91. The van der Waals surface area contributed by atoms with Crippen LogP contribution in [-0.4, -0.2) is 6.61 Å². The molecule has 0 spiro atoms. The molecular formula is C8H12I2OOs. The van der Waals surface area contributed by atoms with E-state index < -0.39 is 0 Å². The maximum atomic E-state index is 5.21. The number of hydrogen-bond donors (Lipinski definition) is 0. The van der Waals surface area contributed by atoms with Crippen LogP contribution in [0.3, 0.4) is 0 Å². The Morgan fingerprint density at radius 2 is 1.58 bits per heavy atom. The van der Waals surface area contributed by atoms with Crippen LogP contribution in [0.4, 0.5) is 0 Å². The van der Waals surface area contributed by atoms with Crippen molar-refractivity contribution in [3.63, 3.8) is 0 Å². The molecule has 0 heterocycles. The Morgan fingerprint density at radius 3 is 2.00 bits per heavy atom. The predicted octanol–water partition coefficient (Wildman–Crippen LogP) is 3.32. The molecule has 1 aromatic carbocycles. The quantitative estimate of drug-likeness (QED) is 0.498. The fourth-order valence-corrected chi connectivity index (χ4v) is 0.683. The van der Waals surface area contributed by atoms with E-state index in [1.165, 1.54) is 0 Å². The van der Waals surface area contributed by atoms with Crippen molar-refractivity contribution >= 4 is 48.0 Å². The van der Waals surface area contributed by atoms with Gasteiger partial charge in [-0.3, -0.25) is 0 Å². The smallest absolute Gasteiger partial charge is 0.119 e. The number of ether oxygens (including phenoxy) is 1. The zero-order chi connectivity index (χ0) is 6.53. The van der Waals surface area contributed by atoms with Crippen LogP contribution >= 0.6 is 48.0 Å². The summed E-state index contributed by atoms with van der Waals surface area (Å²) in [5, 5.41) is 0. The first-order chi connectivity index (χ1) is 4.43. The summed E-state index contributed by atoms with van der Waals surface area (Å²) in [6, 6.07) is 9.80. The van der Waals surface area contributed by atoms with Gasteiger partial charge in [0.1, 0.15) is 5.75 Å². The van der Waals surface area contributed by atoms with Gasteiger partial charge in [-0.25, -0.2) is 0 Å². The second kappa shape index (κ2) is 12.1. The van der Waals surface area contributed by atoms with Crippen molar-refractivity contribution < 1.29 is 24.5 Å². The first-order valence-electron chi connectivity index (χ1n) is 3.11. The third kappa shape index (κ3) is 7.75. The molecule has 0 atom stereocenters. The van der Waals surface area contributed by atoms with E-state index in [-0.39, 0.29) is 67.7 Å². The maximum Gasteiger partial charge on any atom is 0.119 e. The van der Waals surface area contributed by atoms with Crippen molar-refractivity contribution in [1.82, 2.24) is 0 Å². The number of benzene rings is 1. The second-order valence-electron chi connectivity index (χ2n) is 1.75. The molecule has 0 bridgehead atoms. The van der Waals surface area contributed by atoms with Crippen molar-refractivity contribution in [2.75, 3.05) is 6.61 Å². The first kappa shape index (κ1) is 18.8. The van der Waals surface area contributed by atoms with E-state index in [1.807, 2.05) is 37.3 Å². The van der Waals surface area contributed by atoms with Gasteiger partial charge < -0.3 is 4.74 Å². The van der Waals surface area contributed by atoms with Gasteiger partial charge in [-0.15, -0.1) is 48.0 Å². The molecule has 1 aromatic rings. The van der Waals surface area contributed by atoms with E-state index in [2.05, 4.69) is 0 Å². The molecule has 0 N–H and O–H groups in total. The third-order valence-electron chi connectivity index (χ3n) is 1.05. The van der Waals surface area contributed by atoms with Crippen molar-refractivity contribution in [3.05, 3.63) is 30.3 Å². The topological polar surface area (TPSA) is 9.23 Å². The molecule has 0 aromatic heterocycles. The van der Waals surface area contributed by atoms with Gasteiger partial charge in [-0.2, -0.15) is 0 Å². The zero-order valence-electron chi connectivity index (χ0n) is 6.67. The van der Waals surface area contributed by atoms with Crippen molar-refractivity contribution in [2.24, 2.45) is 0 Å². The molecule has 0 saturated heterocycles. The Kier molecular flexibility index (Phi) is 19.0. The number of halogens is 2. The Balaban J connectivity index is -0.000000270. The standard InChI is InChI=1S/C8H10O.2HI.Os/c1-2-9-8-6-4-3-5-7-8;;;/h3-7H,2H2,1H3;2*1H;. The summed E-state index contributed by atoms with van der Waals surface area (Å²) in [6.07, 6.45) is 0. The summed E-state index contributed by atoms with van der Waals surface area (Å²) in [7, 11) is 0. The van der Waals surface area contributed by atoms with E-state index in [0.717, 1.165) is 12.4 Å². The minimum atomic E-state index is 0. The Morgan fingerprint density at radius 1 is 1.08 bits per heavy atom. The van der Waals surface area contributed by atoms with Crippen LogP contribution < -0.4 is 4.74 Å². The molecule has 12 heavy (non-hydrogen) atoms. The molecule has 1 nitrogen and oxygen atoms in total. The van der Waals surface area contributed by atoms with Gasteiger partial charge in [0.05, 0.1) is 6.61 Å². The molecule has 0 aliphatic rings. The second-order valence-corrected chi connectivity index (χ2v) is 1.75. The van der Waals surface area contributed by atoms with Gasteiger partial charge in [0, 0.05) is 19.8 Å². The molecule has 0 radical (unpaired) electrons. The van der Waals surface area contributed by atoms with E-state index in [4.69, 9.17) is 4.74 Å². The van der Waals surface area contributed by atoms with Crippen LogP contribution in [0.5, 0.6) is 5.75 Å². The van der Waals surface area contributed by atoms with Crippen molar-refractivity contribution in [2.45, 2.75) is 6.92 Å². The molecular weight excluding hydrogens is 556 g/mol. The maximum absolute atomic E-state index is 5.21. The summed E-state index contributed by atoms with van der Waals surface area (Å²) >= 11 is 0. The SMILES string of the molecule is CCOc1ccccc1.I.I.[Os]. The van der Waals surface area contributed by atoms with Crippen LogP contribution in [0, 0.1) is 0 Å². The van der Waals surface area contributed by atoms with E-state index in [0.29, 0.717) is 0 Å². The van der Waals surface area contributed by atoms with E-state index >= 15 is 0 Å². The molecule has 4 heteroatoms. The van der Waals surface area contributed by atoms with Crippen LogP contribution in [0.2, 0.25) is 0 Å². The number of para-hydroxylation sites is 1. The monoisotopic (exact) mass is 570 g/mol. The normalized spacial score (nSPS) is 6.75. The van der Waals surface area contributed by atoms with Crippen LogP contribution in [0.1, 0.15) is 6.92 Å². The summed E-state index contributed by atoms with van der Waals surface area (Å²) in [6.45, 7) is 2.72. The van der Waals surface area contributed by atoms with Crippen molar-refractivity contribution in [3.8, 4) is 5.75 Å². The van der Waals surface area contributed by atoms with Crippen LogP contribution in [0.15, 0.2) is 30.3 Å². The summed E-state index contributed by atoms with van der Waals surface area (Å²) in [4.78, 5) is 0. The summed E-state index contributed by atoms with van der Waals surface area (Å²) in [5.74, 6) is 0.944. The zero-order valence-corrected chi connectivity index (χ0v) is 13.9. The molecule has 0 fully saturated rings. The fourth-order valence-electron chi connectivity index (χ4n) is 0.683. The predicted molar refractivity (Wildman–Crippen MR) is 68.4 cm³/mol. The van der Waals surface area contributed by atoms with E-state index in [9.17, 15) is 0 Å². The largest absolute Gasteiger partial charge is 0.494 e. The molecule has 0 aliphatic carbocycles. The van der Waals surface area contributed by atoms with Gasteiger partial charge in [-0.1, -0.05) is 18.2 Å². The van der Waals surface area contributed by atoms with Gasteiger partial charge in [0.2, 0.25) is 0 Å². The Hall–Kier alpha value is 1.12. The first-order valence-corrected chi connectivity index (χ1v) is 3.11. The molecule has 1 rings (SSSR count). The van der Waals surface area contributed by atoms with E-state index in [1.54, 1.807) is 0 Å². The molecule has 0 aliphatic heterocycles. The van der Waals surface area contributed by atoms with Gasteiger partial charge in [-0.05, 0) is 19.1 Å². The number of hydrogen-bond acceptors (Lipinski definition) is 1. The molecule has 0 unspecified atom stereocenters. The fraction of sp³-hybridized carbons (Fsp3) is 0.250. The summed E-state index contributed by atoms with van der Waals surface area (Å²) < 4.78 is 5.21. The Bertz CT molecular complexity index is 170. The van der Waals surface area contributed by atoms with Gasteiger partial charge in [0.25, 0.3) is 0 Å². The molecule has 0 amide bonds. The average molecular weight is 568 g/mol. The van der Waals surface area contributed by atoms with Gasteiger partial charge in [0.15, 0.2) is 0 Å². The molecule has 0 saturated carbocycles. The summed E-state index contributed by atoms with van der Waals surface area (Å²) in [5.41, 5.74) is 0. The minimum absolute atomic E-state index is 0. The Labute approximate surface area is 121 Å². The van der Waals surface area contributed by atoms with Gasteiger partial charge >= 0.3 is 0 Å². The van der Waals surface area contributed by atoms with Crippen molar-refractivity contribution in [1.29, 1.82) is 0 Å². The van der Waals surface area contributed by atoms with Crippen LogP contribution in [-0.2, 0) is 19.8 Å². The third-order valence-corrected chi connectivity index (χ3v) is 1.05. The molecule has 72 valence electrons. The number of rotatable bonds is 2.